The van der Waals surface area contributed by atoms with Gasteiger partial charge in [0.15, 0.2) is 0 Å². The van der Waals surface area contributed by atoms with E-state index in [0.717, 1.165) is 25.8 Å². The van der Waals surface area contributed by atoms with Crippen LogP contribution in [0, 0.1) is 0 Å². The molecule has 0 spiro atoms. The maximum Gasteiger partial charge on any atom is 0.139 e. The van der Waals surface area contributed by atoms with Crippen molar-refractivity contribution < 1.29 is 14.6 Å². The van der Waals surface area contributed by atoms with E-state index in [1.165, 1.54) is 0 Å². The molecular weight excluding hydrogens is 388 g/mol. The quantitative estimate of drug-likeness (QED) is 0.811. The summed E-state index contributed by atoms with van der Waals surface area (Å²) in [6.07, 6.45) is 0. The fourth-order valence-corrected chi connectivity index (χ4v) is 2.66. The van der Waals surface area contributed by atoms with Crippen LogP contribution < -0.4 is 9.47 Å². The summed E-state index contributed by atoms with van der Waals surface area (Å²) in [5, 5.41) is 9.35. The van der Waals surface area contributed by atoms with Crippen molar-refractivity contribution in [1.29, 1.82) is 0 Å². The van der Waals surface area contributed by atoms with Crippen molar-refractivity contribution in [3.05, 3.63) is 56.5 Å². The largest absolute Gasteiger partial charge is 0.497 e. The molecule has 0 aliphatic rings. The number of hydrogen-bond acceptors (Lipinski definition) is 3. The van der Waals surface area contributed by atoms with Crippen molar-refractivity contribution in [2.45, 2.75) is 13.2 Å². The number of aliphatic hydroxyl groups is 1. The van der Waals surface area contributed by atoms with Gasteiger partial charge in [-0.25, -0.2) is 0 Å². The molecule has 0 saturated carbocycles. The molecule has 2 rings (SSSR count). The van der Waals surface area contributed by atoms with Gasteiger partial charge in [-0.3, -0.25) is 0 Å². The predicted octanol–water partition coefficient (Wildman–Crippen LogP) is 4.29. The SMILES string of the molecule is COc1ccc(Br)c(COc2c(Br)cccc2CO)c1. The summed E-state index contributed by atoms with van der Waals surface area (Å²) in [6.45, 7) is 0.321. The summed E-state index contributed by atoms with van der Waals surface area (Å²) >= 11 is 6.93. The highest BCUT2D eigenvalue weighted by molar-refractivity contribution is 9.10. The van der Waals surface area contributed by atoms with Crippen LogP contribution in [0.1, 0.15) is 11.1 Å². The summed E-state index contributed by atoms with van der Waals surface area (Å²) in [4.78, 5) is 0. The average Bonchev–Trinajstić information content (AvgIpc) is 2.47. The second-order valence-electron chi connectivity index (χ2n) is 4.13. The van der Waals surface area contributed by atoms with Crippen LogP contribution >= 0.6 is 31.9 Å². The van der Waals surface area contributed by atoms with Crippen LogP contribution in [0.5, 0.6) is 11.5 Å². The smallest absolute Gasteiger partial charge is 0.139 e. The lowest BCUT2D eigenvalue weighted by Crippen LogP contribution is -2.01. The zero-order valence-electron chi connectivity index (χ0n) is 10.9. The van der Waals surface area contributed by atoms with Crippen LogP contribution in [0.2, 0.25) is 0 Å². The molecule has 5 heteroatoms. The Labute approximate surface area is 134 Å². The minimum Gasteiger partial charge on any atom is -0.497 e. The van der Waals surface area contributed by atoms with E-state index in [9.17, 15) is 5.11 Å². The number of aliphatic hydroxyl groups excluding tert-OH is 1. The fourth-order valence-electron chi connectivity index (χ4n) is 1.78. The van der Waals surface area contributed by atoms with Gasteiger partial charge in [-0.1, -0.05) is 28.1 Å². The molecule has 0 unspecified atom stereocenters. The first-order chi connectivity index (χ1) is 9.65. The Balaban J connectivity index is 2.21. The number of methoxy groups -OCH3 is 1. The average molecular weight is 402 g/mol. The number of rotatable bonds is 5. The highest BCUT2D eigenvalue weighted by Crippen LogP contribution is 2.31. The summed E-state index contributed by atoms with van der Waals surface area (Å²) < 4.78 is 12.8. The molecule has 3 nitrogen and oxygen atoms in total. The van der Waals surface area contributed by atoms with Crippen LogP contribution in [0.4, 0.5) is 0 Å². The van der Waals surface area contributed by atoms with Crippen molar-refractivity contribution in [3.63, 3.8) is 0 Å². The first-order valence-corrected chi connectivity index (χ1v) is 7.57. The molecule has 0 atom stereocenters. The van der Waals surface area contributed by atoms with E-state index in [0.29, 0.717) is 12.4 Å². The van der Waals surface area contributed by atoms with E-state index >= 15 is 0 Å². The van der Waals surface area contributed by atoms with Crippen molar-refractivity contribution in [1.82, 2.24) is 0 Å². The molecule has 0 saturated heterocycles. The summed E-state index contributed by atoms with van der Waals surface area (Å²) in [5.74, 6) is 1.44. The maximum absolute atomic E-state index is 9.35. The third kappa shape index (κ3) is 3.53. The van der Waals surface area contributed by atoms with E-state index < -0.39 is 0 Å². The molecule has 0 fully saturated rings. The van der Waals surface area contributed by atoms with Crippen molar-refractivity contribution in [3.8, 4) is 11.5 Å². The molecule has 1 N–H and O–H groups in total. The second kappa shape index (κ2) is 7.11. The molecule has 0 heterocycles. The third-order valence-electron chi connectivity index (χ3n) is 2.84. The number of benzene rings is 2. The lowest BCUT2D eigenvalue weighted by atomic mass is 10.2. The standard InChI is InChI=1S/C15H14Br2O3/c1-19-12-5-6-13(16)11(7-12)9-20-15-10(8-18)3-2-4-14(15)17/h2-7,18H,8-9H2,1H3. The Morgan fingerprint density at radius 3 is 2.55 bits per heavy atom. The Hall–Kier alpha value is -1.04. The number of para-hydroxylation sites is 1. The molecule has 0 bridgehead atoms. The normalized spacial score (nSPS) is 10.4. The van der Waals surface area contributed by atoms with Gasteiger partial charge in [0, 0.05) is 15.6 Å². The molecular formula is C15H14Br2O3. The van der Waals surface area contributed by atoms with Crippen LogP contribution in [-0.2, 0) is 13.2 Å². The summed E-state index contributed by atoms with van der Waals surface area (Å²) in [7, 11) is 1.63. The maximum atomic E-state index is 9.35. The first kappa shape index (κ1) is 15.4. The van der Waals surface area contributed by atoms with Gasteiger partial charge in [-0.2, -0.15) is 0 Å². The van der Waals surface area contributed by atoms with Gasteiger partial charge >= 0.3 is 0 Å². The Kier molecular flexibility index (Phi) is 5.46. The molecule has 20 heavy (non-hydrogen) atoms. The van der Waals surface area contributed by atoms with E-state index in [-0.39, 0.29) is 6.61 Å². The van der Waals surface area contributed by atoms with Gasteiger partial charge < -0.3 is 14.6 Å². The number of ether oxygens (including phenoxy) is 2. The van der Waals surface area contributed by atoms with Gasteiger partial charge in [-0.05, 0) is 40.2 Å². The van der Waals surface area contributed by atoms with Crippen molar-refractivity contribution in [2.75, 3.05) is 7.11 Å². The Morgan fingerprint density at radius 1 is 1.05 bits per heavy atom. The zero-order valence-corrected chi connectivity index (χ0v) is 14.1. The van der Waals surface area contributed by atoms with Crippen LogP contribution in [0.15, 0.2) is 45.3 Å². The highest BCUT2D eigenvalue weighted by Gasteiger charge is 2.09. The Bertz CT molecular complexity index is 600. The topological polar surface area (TPSA) is 38.7 Å². The lowest BCUT2D eigenvalue weighted by molar-refractivity contribution is 0.257. The van der Waals surface area contributed by atoms with Crippen LogP contribution in [0.25, 0.3) is 0 Å². The molecule has 0 amide bonds. The molecule has 0 radical (unpaired) electrons. The minimum atomic E-state index is -0.0615. The molecule has 0 aromatic heterocycles. The molecule has 106 valence electrons. The second-order valence-corrected chi connectivity index (χ2v) is 5.84. The van der Waals surface area contributed by atoms with Crippen LogP contribution in [-0.4, -0.2) is 12.2 Å². The molecule has 2 aromatic carbocycles. The minimum absolute atomic E-state index is 0.0615. The number of halogens is 2. The van der Waals surface area contributed by atoms with Crippen molar-refractivity contribution in [2.24, 2.45) is 0 Å². The van der Waals surface area contributed by atoms with E-state index in [4.69, 9.17) is 9.47 Å². The predicted molar refractivity (Wildman–Crippen MR) is 85.1 cm³/mol. The highest BCUT2D eigenvalue weighted by atomic mass is 79.9. The molecule has 0 aliphatic carbocycles. The van der Waals surface area contributed by atoms with Gasteiger partial charge in [0.1, 0.15) is 18.1 Å². The van der Waals surface area contributed by atoms with Gasteiger partial charge in [0.05, 0.1) is 18.2 Å². The lowest BCUT2D eigenvalue weighted by Gasteiger charge is -2.13. The number of hydrogen-bond donors (Lipinski definition) is 1. The van der Waals surface area contributed by atoms with Gasteiger partial charge in [0.2, 0.25) is 0 Å². The van der Waals surface area contributed by atoms with Gasteiger partial charge in [0.25, 0.3) is 0 Å². The van der Waals surface area contributed by atoms with E-state index in [2.05, 4.69) is 31.9 Å². The van der Waals surface area contributed by atoms with Gasteiger partial charge in [-0.15, -0.1) is 0 Å². The third-order valence-corrected chi connectivity index (χ3v) is 4.24. The molecule has 0 aliphatic heterocycles. The first-order valence-electron chi connectivity index (χ1n) is 5.99. The van der Waals surface area contributed by atoms with Crippen molar-refractivity contribution >= 4 is 31.9 Å². The Morgan fingerprint density at radius 2 is 1.85 bits per heavy atom. The molecule has 2 aromatic rings. The van der Waals surface area contributed by atoms with E-state index in [1.54, 1.807) is 7.11 Å². The monoisotopic (exact) mass is 400 g/mol. The summed E-state index contributed by atoms with van der Waals surface area (Å²) in [5.41, 5.74) is 1.72. The summed E-state index contributed by atoms with van der Waals surface area (Å²) in [6, 6.07) is 11.3. The van der Waals surface area contributed by atoms with E-state index in [1.807, 2.05) is 36.4 Å². The fraction of sp³-hybridized carbons (Fsp3) is 0.200. The van der Waals surface area contributed by atoms with Crippen LogP contribution in [0.3, 0.4) is 0 Å². The zero-order chi connectivity index (χ0) is 14.5.